The van der Waals surface area contributed by atoms with Crippen LogP contribution < -0.4 is 4.72 Å². The molecule has 2 heterocycles. The molecule has 0 amide bonds. The second kappa shape index (κ2) is 5.42. The van der Waals surface area contributed by atoms with Gasteiger partial charge >= 0.3 is 0 Å². The van der Waals surface area contributed by atoms with E-state index in [1.54, 1.807) is 48.9 Å². The molecule has 0 radical (unpaired) electrons. The molecule has 7 heteroatoms. The van der Waals surface area contributed by atoms with Gasteiger partial charge in [-0.25, -0.2) is 13.4 Å². The molecule has 2 aromatic heterocycles. The molecule has 0 fully saturated rings. The number of anilines is 1. The van der Waals surface area contributed by atoms with Crippen LogP contribution in [0, 0.1) is 0 Å². The zero-order valence-corrected chi connectivity index (χ0v) is 13.1. The Bertz CT molecular complexity index is 907. The van der Waals surface area contributed by atoms with Crippen molar-refractivity contribution in [2.45, 2.75) is 4.90 Å². The summed E-state index contributed by atoms with van der Waals surface area (Å²) in [6, 6.07) is 10.1. The Morgan fingerprint density at radius 3 is 2.71 bits per heavy atom. The van der Waals surface area contributed by atoms with Crippen LogP contribution in [0.2, 0.25) is 0 Å². The van der Waals surface area contributed by atoms with E-state index in [1.165, 1.54) is 0 Å². The molecule has 5 nitrogen and oxygen atoms in total. The summed E-state index contributed by atoms with van der Waals surface area (Å²) in [5, 5.41) is 1.39. The van der Waals surface area contributed by atoms with Gasteiger partial charge in [-0.1, -0.05) is 12.1 Å². The fraction of sp³-hybridized carbons (Fsp3) is 0. The summed E-state index contributed by atoms with van der Waals surface area (Å²) < 4.78 is 28.2. The Balaban J connectivity index is 2.11. The minimum atomic E-state index is -3.71. The summed E-state index contributed by atoms with van der Waals surface area (Å²) in [5.74, 6) is 0. The SMILES string of the molecule is O=S(=O)(Nc1cccnc1Br)c1cccc2cnccc12. The van der Waals surface area contributed by atoms with Gasteiger partial charge in [0.1, 0.15) is 4.60 Å². The normalized spacial score (nSPS) is 11.5. The molecule has 0 saturated carbocycles. The quantitative estimate of drug-likeness (QED) is 0.725. The molecule has 106 valence electrons. The first kappa shape index (κ1) is 14.0. The van der Waals surface area contributed by atoms with E-state index in [-0.39, 0.29) is 4.90 Å². The number of pyridine rings is 2. The molecule has 0 saturated heterocycles. The Hall–Kier alpha value is -1.99. The number of fused-ring (bicyclic) bond motifs is 1. The highest BCUT2D eigenvalue weighted by molar-refractivity contribution is 9.10. The van der Waals surface area contributed by atoms with Crippen molar-refractivity contribution < 1.29 is 8.42 Å². The van der Waals surface area contributed by atoms with Crippen molar-refractivity contribution >= 4 is 42.4 Å². The molecule has 0 unspecified atom stereocenters. The van der Waals surface area contributed by atoms with Crippen LogP contribution in [0.25, 0.3) is 10.8 Å². The molecule has 0 atom stereocenters. The van der Waals surface area contributed by atoms with Crippen molar-refractivity contribution in [2.24, 2.45) is 0 Å². The first-order valence-corrected chi connectivity index (χ1v) is 8.31. The largest absolute Gasteiger partial charge is 0.277 e. The van der Waals surface area contributed by atoms with E-state index >= 15 is 0 Å². The van der Waals surface area contributed by atoms with Crippen molar-refractivity contribution in [3.05, 3.63) is 59.6 Å². The van der Waals surface area contributed by atoms with Gasteiger partial charge < -0.3 is 0 Å². The van der Waals surface area contributed by atoms with Gasteiger partial charge in [-0.2, -0.15) is 0 Å². The maximum absolute atomic E-state index is 12.6. The zero-order chi connectivity index (χ0) is 14.9. The van der Waals surface area contributed by atoms with Crippen molar-refractivity contribution in [1.82, 2.24) is 9.97 Å². The van der Waals surface area contributed by atoms with Gasteiger partial charge in [-0.05, 0) is 40.2 Å². The Kier molecular flexibility index (Phi) is 3.60. The number of rotatable bonds is 3. The standard InChI is InChI=1S/C14H10BrN3O2S/c15-14-12(4-2-7-17-14)18-21(19,20)13-5-1-3-10-9-16-8-6-11(10)13/h1-9,18H. The molecular formula is C14H10BrN3O2S. The fourth-order valence-corrected chi connectivity index (χ4v) is 3.77. The van der Waals surface area contributed by atoms with Crippen LogP contribution in [0.15, 0.2) is 64.5 Å². The van der Waals surface area contributed by atoms with Crippen LogP contribution in [-0.4, -0.2) is 18.4 Å². The fourth-order valence-electron chi connectivity index (χ4n) is 1.99. The number of hydrogen-bond donors (Lipinski definition) is 1. The maximum atomic E-state index is 12.6. The van der Waals surface area contributed by atoms with Crippen LogP contribution in [0.1, 0.15) is 0 Å². The van der Waals surface area contributed by atoms with Crippen molar-refractivity contribution in [1.29, 1.82) is 0 Å². The van der Waals surface area contributed by atoms with Gasteiger partial charge in [-0.3, -0.25) is 9.71 Å². The van der Waals surface area contributed by atoms with Gasteiger partial charge in [0.15, 0.2) is 0 Å². The second-order valence-electron chi connectivity index (χ2n) is 4.30. The summed E-state index contributed by atoms with van der Waals surface area (Å²) in [5.41, 5.74) is 0.392. The predicted octanol–water partition coefficient (Wildman–Crippen LogP) is 3.19. The highest BCUT2D eigenvalue weighted by Gasteiger charge is 2.18. The van der Waals surface area contributed by atoms with E-state index in [9.17, 15) is 8.42 Å². The third kappa shape index (κ3) is 2.74. The van der Waals surface area contributed by atoms with E-state index in [4.69, 9.17) is 0 Å². The lowest BCUT2D eigenvalue weighted by Crippen LogP contribution is -2.14. The predicted molar refractivity (Wildman–Crippen MR) is 84.5 cm³/mol. The van der Waals surface area contributed by atoms with E-state index in [1.807, 2.05) is 6.07 Å². The van der Waals surface area contributed by atoms with Gasteiger partial charge in [-0.15, -0.1) is 0 Å². The monoisotopic (exact) mass is 363 g/mol. The lowest BCUT2D eigenvalue weighted by molar-refractivity contribution is 0.602. The number of nitrogens with zero attached hydrogens (tertiary/aromatic N) is 2. The number of halogens is 1. The second-order valence-corrected chi connectivity index (χ2v) is 6.70. The first-order valence-electron chi connectivity index (χ1n) is 6.04. The smallest absolute Gasteiger partial charge is 0.262 e. The van der Waals surface area contributed by atoms with E-state index in [0.29, 0.717) is 15.7 Å². The summed E-state index contributed by atoms with van der Waals surface area (Å²) in [6.45, 7) is 0. The van der Waals surface area contributed by atoms with Crippen LogP contribution in [0.5, 0.6) is 0 Å². The van der Waals surface area contributed by atoms with Gasteiger partial charge in [0, 0.05) is 29.4 Å². The van der Waals surface area contributed by atoms with Crippen molar-refractivity contribution in [2.75, 3.05) is 4.72 Å². The summed E-state index contributed by atoms with van der Waals surface area (Å²) >= 11 is 3.22. The minimum absolute atomic E-state index is 0.207. The van der Waals surface area contributed by atoms with E-state index in [0.717, 1.165) is 5.39 Å². The van der Waals surface area contributed by atoms with Crippen LogP contribution in [0.4, 0.5) is 5.69 Å². The third-order valence-electron chi connectivity index (χ3n) is 2.93. The third-order valence-corrected chi connectivity index (χ3v) is 4.99. The van der Waals surface area contributed by atoms with Crippen LogP contribution >= 0.6 is 15.9 Å². The number of hydrogen-bond acceptors (Lipinski definition) is 4. The Labute approximate surface area is 130 Å². The zero-order valence-electron chi connectivity index (χ0n) is 10.7. The van der Waals surface area contributed by atoms with Crippen LogP contribution in [-0.2, 0) is 10.0 Å². The average molecular weight is 364 g/mol. The topological polar surface area (TPSA) is 72.0 Å². The van der Waals surface area contributed by atoms with Gasteiger partial charge in [0.2, 0.25) is 0 Å². The average Bonchev–Trinajstić information content (AvgIpc) is 2.49. The molecule has 0 aliphatic carbocycles. The molecule has 1 N–H and O–H groups in total. The highest BCUT2D eigenvalue weighted by Crippen LogP contribution is 2.26. The van der Waals surface area contributed by atoms with Crippen molar-refractivity contribution in [3.63, 3.8) is 0 Å². The molecule has 0 aliphatic heterocycles. The lowest BCUT2D eigenvalue weighted by atomic mass is 10.2. The summed E-state index contributed by atoms with van der Waals surface area (Å²) in [4.78, 5) is 8.21. The molecule has 0 aliphatic rings. The molecular weight excluding hydrogens is 354 g/mol. The molecule has 0 spiro atoms. The number of aromatic nitrogens is 2. The first-order chi connectivity index (χ1) is 10.1. The molecule has 1 aromatic carbocycles. The summed E-state index contributed by atoms with van der Waals surface area (Å²) in [7, 11) is -3.71. The maximum Gasteiger partial charge on any atom is 0.262 e. The number of benzene rings is 1. The van der Waals surface area contributed by atoms with Gasteiger partial charge in [0.05, 0.1) is 10.6 Å². The van der Waals surface area contributed by atoms with E-state index in [2.05, 4.69) is 30.6 Å². The molecule has 0 bridgehead atoms. The minimum Gasteiger partial charge on any atom is -0.277 e. The Morgan fingerprint density at radius 1 is 1.05 bits per heavy atom. The molecule has 3 aromatic rings. The number of nitrogens with one attached hydrogen (secondary N) is 1. The number of sulfonamides is 1. The highest BCUT2D eigenvalue weighted by atomic mass is 79.9. The molecule has 21 heavy (non-hydrogen) atoms. The van der Waals surface area contributed by atoms with E-state index < -0.39 is 10.0 Å². The lowest BCUT2D eigenvalue weighted by Gasteiger charge is -2.11. The summed E-state index contributed by atoms with van der Waals surface area (Å²) in [6.07, 6.45) is 4.78. The molecule has 3 rings (SSSR count). The van der Waals surface area contributed by atoms with Crippen LogP contribution in [0.3, 0.4) is 0 Å². The Morgan fingerprint density at radius 2 is 1.90 bits per heavy atom. The van der Waals surface area contributed by atoms with Gasteiger partial charge in [0.25, 0.3) is 10.0 Å². The van der Waals surface area contributed by atoms with Crippen molar-refractivity contribution in [3.8, 4) is 0 Å².